The molecule has 1 aliphatic rings. The van der Waals surface area contributed by atoms with Crippen molar-refractivity contribution >= 4 is 49.1 Å². The van der Waals surface area contributed by atoms with Crippen LogP contribution in [0.25, 0.3) is 0 Å². The van der Waals surface area contributed by atoms with Crippen molar-refractivity contribution in [1.82, 2.24) is 9.80 Å². The summed E-state index contributed by atoms with van der Waals surface area (Å²) >= 11 is 0. The van der Waals surface area contributed by atoms with E-state index in [1.54, 1.807) is 0 Å². The first kappa shape index (κ1) is 52.6. The van der Waals surface area contributed by atoms with Gasteiger partial charge in [-0.25, -0.2) is 0 Å². The zero-order valence-electron chi connectivity index (χ0n) is 39.5. The number of benzene rings is 4. The smallest absolute Gasteiger partial charge is 0.317 e. The van der Waals surface area contributed by atoms with Crippen LogP contribution in [0.1, 0.15) is 93.4 Å². The molecule has 0 unspecified atom stereocenters. The van der Waals surface area contributed by atoms with E-state index in [1.165, 1.54) is 33.6 Å². The van der Waals surface area contributed by atoms with Crippen LogP contribution in [0.2, 0.25) is 10.1 Å². The van der Waals surface area contributed by atoms with Crippen molar-refractivity contribution in [2.45, 2.75) is 103 Å². The maximum absolute atomic E-state index is 11.6. The van der Waals surface area contributed by atoms with E-state index < -0.39 is 22.6 Å². The Morgan fingerprint density at radius 1 is 0.565 bits per heavy atom. The lowest BCUT2D eigenvalue weighted by molar-refractivity contribution is -0.138. The van der Waals surface area contributed by atoms with Crippen LogP contribution in [0, 0.1) is 0 Å². The molecule has 0 atom stereocenters. The summed E-state index contributed by atoms with van der Waals surface area (Å²) in [5.41, 5.74) is 0. The fraction of sp³-hybridized carbons (Fsp3) is 0.500. The summed E-state index contributed by atoms with van der Waals surface area (Å²) in [4.78, 5) is 26.4. The minimum atomic E-state index is -2.46. The second-order valence-corrected chi connectivity index (χ2v) is 27.1. The Bertz CT molecular complexity index is 1730. The van der Waals surface area contributed by atoms with E-state index in [0.717, 1.165) is 58.6 Å². The monoisotopic (exact) mass is 883 g/mol. The molecule has 4 aromatic carbocycles. The molecule has 1 N–H and O–H groups in total. The third kappa shape index (κ3) is 16.1. The molecule has 0 aromatic heterocycles. The molecule has 10 heteroatoms. The highest BCUT2D eigenvalue weighted by Gasteiger charge is 2.51. The third-order valence-corrected chi connectivity index (χ3v) is 21.5. The molecule has 0 bridgehead atoms. The Kier molecular flexibility index (Phi) is 22.7. The largest absolute Gasteiger partial charge is 0.480 e. The number of ketones is 1. The number of carbonyl (C=O) groups excluding carboxylic acids is 1. The van der Waals surface area contributed by atoms with E-state index in [0.29, 0.717) is 25.4 Å². The number of rotatable bonds is 21. The second-order valence-electron chi connectivity index (χ2n) is 18.5. The molecule has 0 spiro atoms. The number of carbonyl (C=O) groups is 2. The van der Waals surface area contributed by atoms with Crippen LogP contribution < -0.4 is 20.7 Å². The normalized spacial score (nSPS) is 13.3. The average molecular weight is 883 g/mol. The Labute approximate surface area is 377 Å². The summed E-state index contributed by atoms with van der Waals surface area (Å²) in [7, 11) is -1.02. The highest BCUT2D eigenvalue weighted by Crippen LogP contribution is 2.38. The highest BCUT2D eigenvalue weighted by atomic mass is 28.4. The van der Waals surface area contributed by atoms with Crippen LogP contribution in [-0.4, -0.2) is 110 Å². The van der Waals surface area contributed by atoms with Crippen LogP contribution in [-0.2, 0) is 23.2 Å². The molecular formula is C52H78N2O6Si2. The zero-order valence-corrected chi connectivity index (χ0v) is 41.5. The van der Waals surface area contributed by atoms with Crippen LogP contribution >= 0.6 is 0 Å². The first-order valence-electron chi connectivity index (χ1n) is 22.8. The molecule has 1 fully saturated rings. The number of ether oxygens (including phenoxy) is 1. The fourth-order valence-electron chi connectivity index (χ4n) is 8.25. The van der Waals surface area contributed by atoms with Gasteiger partial charge in [-0.05, 0) is 96.5 Å². The molecular weight excluding hydrogens is 805 g/mol. The summed E-state index contributed by atoms with van der Waals surface area (Å²) in [6.45, 7) is 21.4. The molecule has 62 heavy (non-hydrogen) atoms. The summed E-state index contributed by atoms with van der Waals surface area (Å²) in [6.07, 6.45) is 7.03. The van der Waals surface area contributed by atoms with Gasteiger partial charge in [0.15, 0.2) is 0 Å². The Balaban J connectivity index is 0.000000296. The van der Waals surface area contributed by atoms with Gasteiger partial charge in [0.05, 0.1) is 13.1 Å². The summed E-state index contributed by atoms with van der Waals surface area (Å²) in [5, 5.41) is 14.1. The minimum absolute atomic E-state index is 0.0139. The van der Waals surface area contributed by atoms with Gasteiger partial charge in [0.1, 0.15) is 5.78 Å². The summed E-state index contributed by atoms with van der Waals surface area (Å²) in [5.74, 6) is -0.484. The average Bonchev–Trinajstić information content (AvgIpc) is 3.85. The number of hydrogen-bond donors (Lipinski definition) is 1. The van der Waals surface area contributed by atoms with Gasteiger partial charge in [0.2, 0.25) is 0 Å². The minimum Gasteiger partial charge on any atom is -0.480 e. The van der Waals surface area contributed by atoms with E-state index in [9.17, 15) is 9.59 Å². The molecule has 1 heterocycles. The van der Waals surface area contributed by atoms with Crippen LogP contribution in [0.15, 0.2) is 121 Å². The number of likely N-dealkylation sites (N-methyl/N-ethyl adjacent to an activating group) is 2. The van der Waals surface area contributed by atoms with Crippen molar-refractivity contribution < 1.29 is 28.3 Å². The molecule has 340 valence electrons. The van der Waals surface area contributed by atoms with Gasteiger partial charge in [-0.1, -0.05) is 170 Å². The fourth-order valence-corrected chi connectivity index (χ4v) is 17.5. The number of aliphatic carboxylic acids is 1. The molecule has 1 saturated heterocycles. The molecule has 0 aliphatic carbocycles. The topological polar surface area (TPSA) is 88.5 Å². The lowest BCUT2D eigenvalue weighted by atomic mass is 10.2. The van der Waals surface area contributed by atoms with Crippen molar-refractivity contribution in [3.05, 3.63) is 121 Å². The Hall–Kier alpha value is -3.75. The van der Waals surface area contributed by atoms with E-state index in [4.69, 9.17) is 18.7 Å². The van der Waals surface area contributed by atoms with Gasteiger partial charge in [-0.2, -0.15) is 0 Å². The first-order chi connectivity index (χ1) is 29.6. The van der Waals surface area contributed by atoms with Gasteiger partial charge >= 0.3 is 5.97 Å². The number of Topliss-reactive ketones (excluding diaryl/α,β-unsaturated/α-hetero) is 1. The van der Waals surface area contributed by atoms with E-state index in [1.807, 2.05) is 25.9 Å². The standard InChI is InChI=1S/C25H37NO2Si.C23H33NO3Si.C4H8O/c1-6-22(27)21-26(5)19-13-14-20-28-29(25(2,3)4,23-15-9-7-10-16-23)24-17-11-8-12-18-24;1-23(2,3)28(20-13-7-5-8-14-20,21-15-9-6-10-16-21)27-18-12-11-17-24(4)19-22(25)26;1-2-4-5-3-1/h7-12,15-18H,6,13-14,19-21H2,1-5H3;5-10,13-16H,11-12,17-19H2,1-4H3,(H,25,26);1-4H2. The lowest BCUT2D eigenvalue weighted by Crippen LogP contribution is -2.66. The van der Waals surface area contributed by atoms with Gasteiger partial charge in [0, 0.05) is 32.8 Å². The van der Waals surface area contributed by atoms with Crippen molar-refractivity contribution in [2.24, 2.45) is 0 Å². The van der Waals surface area contributed by atoms with Crippen molar-refractivity contribution in [3.8, 4) is 0 Å². The zero-order chi connectivity index (χ0) is 45.5. The number of carboxylic acids is 1. The number of unbranched alkanes of at least 4 members (excludes halogenated alkanes) is 2. The second kappa shape index (κ2) is 26.8. The molecule has 0 amide bonds. The number of carboxylic acid groups (broad SMARTS) is 1. The lowest BCUT2D eigenvalue weighted by Gasteiger charge is -2.43. The van der Waals surface area contributed by atoms with Crippen LogP contribution in [0.5, 0.6) is 0 Å². The van der Waals surface area contributed by atoms with E-state index in [2.05, 4.69) is 168 Å². The predicted octanol–water partition coefficient (Wildman–Crippen LogP) is 8.41. The van der Waals surface area contributed by atoms with Gasteiger partial charge < -0.3 is 18.7 Å². The molecule has 8 nitrogen and oxygen atoms in total. The van der Waals surface area contributed by atoms with Crippen LogP contribution in [0.3, 0.4) is 0 Å². The molecule has 0 radical (unpaired) electrons. The maximum atomic E-state index is 11.6. The van der Waals surface area contributed by atoms with Gasteiger partial charge in [-0.3, -0.25) is 19.4 Å². The quantitative estimate of drug-likeness (QED) is 0.0660. The maximum Gasteiger partial charge on any atom is 0.317 e. The first-order valence-corrected chi connectivity index (χ1v) is 26.6. The Morgan fingerprint density at radius 2 is 0.887 bits per heavy atom. The van der Waals surface area contributed by atoms with E-state index in [-0.39, 0.29) is 16.6 Å². The molecule has 1 aliphatic heterocycles. The summed E-state index contributed by atoms with van der Waals surface area (Å²) < 4.78 is 18.7. The SMILES string of the molecule is C1CCOC1.CCC(=O)CN(C)CCCCO[Si](c1ccccc1)(c1ccccc1)C(C)(C)C.CN(CCCCO[Si](c1ccccc1)(c1ccccc1)C(C)(C)C)CC(=O)O. The van der Waals surface area contributed by atoms with Gasteiger partial charge in [-0.15, -0.1) is 0 Å². The molecule has 5 rings (SSSR count). The van der Waals surface area contributed by atoms with Crippen molar-refractivity contribution in [1.29, 1.82) is 0 Å². The third-order valence-electron chi connectivity index (χ3n) is 11.4. The van der Waals surface area contributed by atoms with Crippen LogP contribution in [0.4, 0.5) is 0 Å². The molecule has 0 saturated carbocycles. The predicted molar refractivity (Wildman–Crippen MR) is 264 cm³/mol. The number of hydrogen-bond acceptors (Lipinski definition) is 7. The number of nitrogens with zero attached hydrogens (tertiary/aromatic N) is 2. The Morgan fingerprint density at radius 3 is 1.15 bits per heavy atom. The van der Waals surface area contributed by atoms with E-state index >= 15 is 0 Å². The van der Waals surface area contributed by atoms with Crippen molar-refractivity contribution in [2.75, 3.05) is 66.7 Å². The highest BCUT2D eigenvalue weighted by molar-refractivity contribution is 7.00. The summed E-state index contributed by atoms with van der Waals surface area (Å²) in [6, 6.07) is 42.8. The van der Waals surface area contributed by atoms with Crippen molar-refractivity contribution in [3.63, 3.8) is 0 Å². The molecule has 4 aromatic rings. The van der Waals surface area contributed by atoms with Gasteiger partial charge in [0.25, 0.3) is 16.6 Å².